The summed E-state index contributed by atoms with van der Waals surface area (Å²) in [6, 6.07) is 17.7. The number of rotatable bonds is 7. The van der Waals surface area contributed by atoms with Crippen LogP contribution >= 0.6 is 35.0 Å². The van der Waals surface area contributed by atoms with Crippen LogP contribution in [0.1, 0.15) is 22.3 Å². The lowest BCUT2D eigenvalue weighted by Crippen LogP contribution is -2.27. The molecule has 1 aliphatic rings. The molecule has 1 saturated heterocycles. The number of nitrogens with zero attached hydrogens (tertiary/aromatic N) is 1. The van der Waals surface area contributed by atoms with E-state index in [2.05, 4.69) is 5.32 Å². The van der Waals surface area contributed by atoms with Gasteiger partial charge in [0.1, 0.15) is 5.75 Å². The Bertz CT molecular complexity index is 1370. The molecule has 0 saturated carbocycles. The van der Waals surface area contributed by atoms with Gasteiger partial charge in [-0.3, -0.25) is 19.3 Å². The number of hydrogen-bond donors (Lipinski definition) is 1. The highest BCUT2D eigenvalue weighted by atomic mass is 35.5. The van der Waals surface area contributed by atoms with Crippen LogP contribution in [0.3, 0.4) is 0 Å². The minimum atomic E-state index is -0.430. The Morgan fingerprint density at radius 2 is 1.72 bits per heavy atom. The van der Waals surface area contributed by atoms with Crippen molar-refractivity contribution < 1.29 is 19.1 Å². The van der Waals surface area contributed by atoms with Gasteiger partial charge in [-0.05, 0) is 78.7 Å². The minimum Gasteiger partial charge on any atom is -0.484 e. The van der Waals surface area contributed by atoms with E-state index in [4.69, 9.17) is 27.9 Å². The highest BCUT2D eigenvalue weighted by molar-refractivity contribution is 8.18. The first-order valence-electron chi connectivity index (χ1n) is 11.0. The van der Waals surface area contributed by atoms with E-state index in [1.807, 2.05) is 32.0 Å². The molecule has 36 heavy (non-hydrogen) atoms. The van der Waals surface area contributed by atoms with Crippen molar-refractivity contribution in [2.24, 2.45) is 0 Å². The molecular weight excluding hydrogens is 519 g/mol. The maximum Gasteiger partial charge on any atom is 0.293 e. The smallest absolute Gasteiger partial charge is 0.293 e. The molecule has 3 aromatic carbocycles. The summed E-state index contributed by atoms with van der Waals surface area (Å²) < 4.78 is 5.65. The third-order valence-electron chi connectivity index (χ3n) is 5.66. The van der Waals surface area contributed by atoms with E-state index >= 15 is 0 Å². The number of carbonyl (C=O) groups excluding carboxylic acids is 3. The van der Waals surface area contributed by atoms with Crippen LogP contribution in [0.15, 0.2) is 65.6 Å². The summed E-state index contributed by atoms with van der Waals surface area (Å²) in [5.74, 6) is -0.254. The molecule has 0 bridgehead atoms. The molecular formula is C27H22Cl2N2O4S. The Kier molecular flexibility index (Phi) is 8.04. The summed E-state index contributed by atoms with van der Waals surface area (Å²) >= 11 is 13.2. The number of carbonyl (C=O) groups is 3. The molecule has 3 amide bonds. The Labute approximate surface area is 223 Å². The fourth-order valence-corrected chi connectivity index (χ4v) is 4.90. The largest absolute Gasteiger partial charge is 0.484 e. The molecule has 0 spiro atoms. The molecule has 9 heteroatoms. The third-order valence-corrected chi connectivity index (χ3v) is 7.27. The molecule has 0 aromatic heterocycles. The summed E-state index contributed by atoms with van der Waals surface area (Å²) in [7, 11) is 0. The summed E-state index contributed by atoms with van der Waals surface area (Å²) in [6.45, 7) is 3.73. The zero-order chi connectivity index (χ0) is 25.8. The molecule has 0 radical (unpaired) electrons. The second-order valence-corrected chi connectivity index (χ2v) is 9.93. The van der Waals surface area contributed by atoms with E-state index in [-0.39, 0.29) is 24.0 Å². The van der Waals surface area contributed by atoms with Gasteiger partial charge in [0.05, 0.1) is 11.4 Å². The fourth-order valence-electron chi connectivity index (χ4n) is 3.54. The van der Waals surface area contributed by atoms with Gasteiger partial charge in [0.2, 0.25) is 0 Å². The maximum absolute atomic E-state index is 12.9. The van der Waals surface area contributed by atoms with E-state index in [1.54, 1.807) is 48.5 Å². The van der Waals surface area contributed by atoms with Gasteiger partial charge in [-0.2, -0.15) is 0 Å². The van der Waals surface area contributed by atoms with Gasteiger partial charge in [-0.25, -0.2) is 0 Å². The topological polar surface area (TPSA) is 75.7 Å². The van der Waals surface area contributed by atoms with Crippen molar-refractivity contribution in [2.45, 2.75) is 20.4 Å². The predicted molar refractivity (Wildman–Crippen MR) is 144 cm³/mol. The van der Waals surface area contributed by atoms with Gasteiger partial charge in [0.25, 0.3) is 17.1 Å². The van der Waals surface area contributed by atoms with E-state index in [1.165, 1.54) is 0 Å². The number of aryl methyl sites for hydroxylation is 1. The number of halogens is 2. The highest BCUT2D eigenvalue weighted by Gasteiger charge is 2.35. The predicted octanol–water partition coefficient (Wildman–Crippen LogP) is 6.86. The fraction of sp³-hybridized carbons (Fsp3) is 0.148. The molecule has 1 N–H and O–H groups in total. The quantitative estimate of drug-likeness (QED) is 0.331. The lowest BCUT2D eigenvalue weighted by Gasteiger charge is -2.14. The first-order valence-corrected chi connectivity index (χ1v) is 12.6. The Hall–Kier alpha value is -3.26. The SMILES string of the molecule is Cc1cccc(NC(=O)COc2cccc(/C=C3\SC(=O)N(Cc4c(Cl)cccc4Cl)C3=O)c2)c1C. The average molecular weight is 541 g/mol. The van der Waals surface area contributed by atoms with Gasteiger partial charge in [-0.15, -0.1) is 0 Å². The van der Waals surface area contributed by atoms with Crippen LogP contribution < -0.4 is 10.1 Å². The highest BCUT2D eigenvalue weighted by Crippen LogP contribution is 2.36. The molecule has 0 atom stereocenters. The average Bonchev–Trinajstić information content (AvgIpc) is 3.10. The lowest BCUT2D eigenvalue weighted by atomic mass is 10.1. The zero-order valence-electron chi connectivity index (χ0n) is 19.5. The first-order chi connectivity index (χ1) is 17.2. The van der Waals surface area contributed by atoms with Crippen LogP contribution in [0, 0.1) is 13.8 Å². The Morgan fingerprint density at radius 3 is 2.47 bits per heavy atom. The van der Waals surface area contributed by atoms with Gasteiger partial charge in [0.15, 0.2) is 6.61 Å². The summed E-state index contributed by atoms with van der Waals surface area (Å²) in [6.07, 6.45) is 1.61. The molecule has 4 rings (SSSR count). The molecule has 0 aliphatic carbocycles. The number of thioether (sulfide) groups is 1. The second kappa shape index (κ2) is 11.2. The van der Waals surface area contributed by atoms with E-state index in [9.17, 15) is 14.4 Å². The number of anilines is 1. The van der Waals surface area contributed by atoms with Crippen molar-refractivity contribution in [3.05, 3.63) is 97.9 Å². The zero-order valence-corrected chi connectivity index (χ0v) is 21.8. The number of amides is 3. The monoisotopic (exact) mass is 540 g/mol. The van der Waals surface area contributed by atoms with Gasteiger partial charge in [-0.1, -0.05) is 53.5 Å². The third kappa shape index (κ3) is 5.93. The van der Waals surface area contributed by atoms with Crippen LogP contribution in [0.25, 0.3) is 6.08 Å². The Morgan fingerprint density at radius 1 is 1.03 bits per heavy atom. The maximum atomic E-state index is 12.9. The van der Waals surface area contributed by atoms with Crippen molar-refractivity contribution in [3.63, 3.8) is 0 Å². The van der Waals surface area contributed by atoms with Crippen molar-refractivity contribution >= 4 is 63.8 Å². The molecule has 3 aromatic rings. The summed E-state index contributed by atoms with van der Waals surface area (Å²) in [5.41, 5.74) is 3.99. The number of benzene rings is 3. The van der Waals surface area contributed by atoms with Crippen molar-refractivity contribution in [1.82, 2.24) is 4.90 Å². The second-order valence-electron chi connectivity index (χ2n) is 8.12. The van der Waals surface area contributed by atoms with Crippen molar-refractivity contribution in [3.8, 4) is 5.75 Å². The van der Waals surface area contributed by atoms with Gasteiger partial charge < -0.3 is 10.1 Å². The van der Waals surface area contributed by atoms with Crippen LogP contribution in [0.2, 0.25) is 10.0 Å². The van der Waals surface area contributed by atoms with Crippen LogP contribution in [-0.4, -0.2) is 28.6 Å². The van der Waals surface area contributed by atoms with E-state index in [0.717, 1.165) is 33.5 Å². The number of hydrogen-bond acceptors (Lipinski definition) is 5. The van der Waals surface area contributed by atoms with Crippen LogP contribution in [0.5, 0.6) is 5.75 Å². The molecule has 6 nitrogen and oxygen atoms in total. The molecule has 0 unspecified atom stereocenters. The summed E-state index contributed by atoms with van der Waals surface area (Å²) in [5, 5.41) is 3.22. The van der Waals surface area contributed by atoms with Crippen LogP contribution in [-0.2, 0) is 16.1 Å². The van der Waals surface area contributed by atoms with Crippen LogP contribution in [0.4, 0.5) is 10.5 Å². The molecule has 1 aliphatic heterocycles. The number of ether oxygens (including phenoxy) is 1. The Balaban J connectivity index is 1.42. The molecule has 184 valence electrons. The van der Waals surface area contributed by atoms with E-state index in [0.29, 0.717) is 26.9 Å². The van der Waals surface area contributed by atoms with Crippen molar-refractivity contribution in [2.75, 3.05) is 11.9 Å². The number of imide groups is 1. The summed E-state index contributed by atoms with van der Waals surface area (Å²) in [4.78, 5) is 39.2. The number of nitrogens with one attached hydrogen (secondary N) is 1. The van der Waals surface area contributed by atoms with E-state index < -0.39 is 11.1 Å². The lowest BCUT2D eigenvalue weighted by molar-refractivity contribution is -0.123. The van der Waals surface area contributed by atoms with Gasteiger partial charge >= 0.3 is 0 Å². The minimum absolute atomic E-state index is 0.0147. The normalized spacial score (nSPS) is 14.4. The van der Waals surface area contributed by atoms with Crippen molar-refractivity contribution in [1.29, 1.82) is 0 Å². The van der Waals surface area contributed by atoms with Gasteiger partial charge in [0, 0.05) is 21.3 Å². The molecule has 1 heterocycles. The standard InChI is InChI=1S/C27H22Cl2N2O4S/c1-16-6-3-11-23(17(16)2)30-25(32)15-35-19-8-4-7-18(12-19)13-24-26(33)31(27(34)36-24)14-20-21(28)9-5-10-22(20)29/h3-13H,14-15H2,1-2H3,(H,30,32)/b24-13-. The first kappa shape index (κ1) is 25.8. The molecule has 1 fully saturated rings.